The first-order valence-corrected chi connectivity index (χ1v) is 15.3. The molecule has 0 unspecified atom stereocenters. The van der Waals surface area contributed by atoms with Crippen LogP contribution in [0.1, 0.15) is 0 Å². The van der Waals surface area contributed by atoms with E-state index in [1.165, 1.54) is 42.1 Å². The Morgan fingerprint density at radius 1 is 0.395 bits per heavy atom. The van der Waals surface area contributed by atoms with Gasteiger partial charge in [0.25, 0.3) is 0 Å². The zero-order valence-electron chi connectivity index (χ0n) is 23.2. The van der Waals surface area contributed by atoms with Gasteiger partial charge in [0, 0.05) is 54.1 Å². The topological polar surface area (TPSA) is 16.4 Å². The first-order chi connectivity index (χ1) is 21.3. The van der Waals surface area contributed by atoms with Gasteiger partial charge in [-0.15, -0.1) is 11.3 Å². The van der Waals surface area contributed by atoms with Crippen LogP contribution in [0.3, 0.4) is 0 Å². The number of rotatable bonds is 4. The number of para-hydroxylation sites is 2. The molecular formula is C40H25NOS. The average molecular weight is 568 g/mol. The van der Waals surface area contributed by atoms with Crippen LogP contribution in [0.2, 0.25) is 0 Å². The molecule has 0 aliphatic heterocycles. The molecular weight excluding hydrogens is 543 g/mol. The first kappa shape index (κ1) is 24.2. The van der Waals surface area contributed by atoms with Crippen molar-refractivity contribution in [2.24, 2.45) is 0 Å². The number of nitrogens with zero attached hydrogens (tertiary/aromatic N) is 1. The van der Waals surface area contributed by atoms with Crippen LogP contribution in [-0.2, 0) is 0 Å². The lowest BCUT2D eigenvalue weighted by molar-refractivity contribution is 0.669. The van der Waals surface area contributed by atoms with Gasteiger partial charge in [-0.1, -0.05) is 78.9 Å². The Bertz CT molecular complexity index is 2450. The largest absolute Gasteiger partial charge is 0.456 e. The van der Waals surface area contributed by atoms with E-state index in [4.69, 9.17) is 4.42 Å². The van der Waals surface area contributed by atoms with E-state index in [2.05, 4.69) is 144 Å². The monoisotopic (exact) mass is 567 g/mol. The third kappa shape index (κ3) is 4.01. The predicted octanol–water partition coefficient (Wildman–Crippen LogP) is 12.2. The van der Waals surface area contributed by atoms with Crippen molar-refractivity contribution in [1.29, 1.82) is 0 Å². The van der Waals surface area contributed by atoms with Gasteiger partial charge in [-0.05, 0) is 88.6 Å². The molecule has 9 aromatic rings. The van der Waals surface area contributed by atoms with Gasteiger partial charge < -0.3 is 9.32 Å². The number of hydrogen-bond acceptors (Lipinski definition) is 3. The van der Waals surface area contributed by atoms with E-state index in [9.17, 15) is 0 Å². The van der Waals surface area contributed by atoms with Crippen molar-refractivity contribution in [2.75, 3.05) is 4.90 Å². The molecule has 0 saturated carbocycles. The summed E-state index contributed by atoms with van der Waals surface area (Å²) in [7, 11) is 0. The quantitative estimate of drug-likeness (QED) is 0.210. The zero-order chi connectivity index (χ0) is 28.3. The highest BCUT2D eigenvalue weighted by molar-refractivity contribution is 7.25. The van der Waals surface area contributed by atoms with E-state index >= 15 is 0 Å². The lowest BCUT2D eigenvalue weighted by atomic mass is 9.99. The summed E-state index contributed by atoms with van der Waals surface area (Å²) in [6.45, 7) is 0. The normalized spacial score (nSPS) is 11.7. The van der Waals surface area contributed by atoms with Crippen LogP contribution in [0, 0.1) is 0 Å². The van der Waals surface area contributed by atoms with Gasteiger partial charge in [0.05, 0.1) is 0 Å². The van der Waals surface area contributed by atoms with Crippen molar-refractivity contribution < 1.29 is 4.42 Å². The molecule has 2 aromatic heterocycles. The Balaban J connectivity index is 1.12. The molecule has 0 aliphatic rings. The minimum atomic E-state index is 0.889. The molecule has 202 valence electrons. The molecule has 3 heteroatoms. The van der Waals surface area contributed by atoms with E-state index in [0.717, 1.165) is 39.0 Å². The highest BCUT2D eigenvalue weighted by atomic mass is 32.1. The fraction of sp³-hybridized carbons (Fsp3) is 0. The maximum atomic E-state index is 6.24. The number of anilines is 3. The molecule has 0 bridgehead atoms. The molecule has 9 rings (SSSR count). The van der Waals surface area contributed by atoms with Crippen LogP contribution in [0.4, 0.5) is 17.1 Å². The van der Waals surface area contributed by atoms with Gasteiger partial charge in [-0.25, -0.2) is 0 Å². The third-order valence-corrected chi connectivity index (χ3v) is 9.56. The summed E-state index contributed by atoms with van der Waals surface area (Å²) in [5.74, 6) is 0. The molecule has 2 nitrogen and oxygen atoms in total. The van der Waals surface area contributed by atoms with Crippen molar-refractivity contribution in [2.45, 2.75) is 0 Å². The Hall–Kier alpha value is -5.38. The summed E-state index contributed by atoms with van der Waals surface area (Å²) in [4.78, 5) is 2.29. The number of thiophene rings is 1. The second-order valence-corrected chi connectivity index (χ2v) is 12.1. The molecule has 0 aliphatic carbocycles. The fourth-order valence-corrected chi connectivity index (χ4v) is 7.47. The van der Waals surface area contributed by atoms with Crippen LogP contribution >= 0.6 is 11.3 Å². The van der Waals surface area contributed by atoms with E-state index in [1.807, 2.05) is 23.5 Å². The Kier molecular flexibility index (Phi) is 5.40. The summed E-state index contributed by atoms with van der Waals surface area (Å²) in [6, 6.07) is 54.3. The molecule has 43 heavy (non-hydrogen) atoms. The third-order valence-electron chi connectivity index (χ3n) is 8.43. The lowest BCUT2D eigenvalue weighted by Crippen LogP contribution is -2.09. The molecule has 0 atom stereocenters. The number of furan rings is 1. The van der Waals surface area contributed by atoms with Crippen LogP contribution in [0.5, 0.6) is 0 Å². The zero-order valence-corrected chi connectivity index (χ0v) is 24.0. The maximum Gasteiger partial charge on any atom is 0.137 e. The smallest absolute Gasteiger partial charge is 0.137 e. The second-order valence-electron chi connectivity index (χ2n) is 11.0. The van der Waals surface area contributed by atoms with E-state index in [-0.39, 0.29) is 0 Å². The van der Waals surface area contributed by atoms with Crippen molar-refractivity contribution >= 4 is 81.3 Å². The van der Waals surface area contributed by atoms with Gasteiger partial charge in [0.2, 0.25) is 0 Å². The minimum absolute atomic E-state index is 0.889. The Morgan fingerprint density at radius 3 is 1.98 bits per heavy atom. The predicted molar refractivity (Wildman–Crippen MR) is 184 cm³/mol. The molecule has 0 fully saturated rings. The number of fused-ring (bicyclic) bond motifs is 7. The van der Waals surface area contributed by atoms with E-state index in [0.29, 0.717) is 0 Å². The molecule has 0 saturated heterocycles. The van der Waals surface area contributed by atoms with Crippen molar-refractivity contribution in [3.63, 3.8) is 0 Å². The molecule has 0 spiro atoms. The van der Waals surface area contributed by atoms with E-state index in [1.54, 1.807) is 0 Å². The van der Waals surface area contributed by atoms with Crippen molar-refractivity contribution in [3.05, 3.63) is 152 Å². The first-order valence-electron chi connectivity index (χ1n) is 14.5. The second kappa shape index (κ2) is 9.59. The van der Waals surface area contributed by atoms with Gasteiger partial charge in [0.1, 0.15) is 11.2 Å². The standard InChI is InChI=1S/C40H25NOS/c1-2-8-30(9-3-1)41(32-20-21-34-33-10-4-6-12-37(33)42-38(34)25-32)31-18-16-26(17-19-31)27-14-15-28-23-36-35-11-5-7-13-39(35)43-40(36)24-29(28)22-27/h1-25H. The van der Waals surface area contributed by atoms with Crippen molar-refractivity contribution in [1.82, 2.24) is 0 Å². The SMILES string of the molecule is c1ccc(N(c2ccc(-c3ccc4cc5c(cc4c3)sc3ccccc35)cc2)c2ccc3c(c2)oc2ccccc23)cc1. The van der Waals surface area contributed by atoms with Gasteiger partial charge in [-0.2, -0.15) is 0 Å². The van der Waals surface area contributed by atoms with Crippen LogP contribution < -0.4 is 4.90 Å². The maximum absolute atomic E-state index is 6.24. The average Bonchev–Trinajstić information content (AvgIpc) is 3.62. The van der Waals surface area contributed by atoms with Gasteiger partial charge in [0.15, 0.2) is 0 Å². The summed E-state index contributed by atoms with van der Waals surface area (Å²) in [5, 5.41) is 7.49. The lowest BCUT2D eigenvalue weighted by Gasteiger charge is -2.25. The van der Waals surface area contributed by atoms with Crippen LogP contribution in [0.15, 0.2) is 156 Å². The van der Waals surface area contributed by atoms with Crippen molar-refractivity contribution in [3.8, 4) is 11.1 Å². The number of benzene rings is 7. The summed E-state index contributed by atoms with van der Waals surface area (Å²) in [6.07, 6.45) is 0. The Morgan fingerprint density at radius 2 is 1.09 bits per heavy atom. The summed E-state index contributed by atoms with van der Waals surface area (Å²) < 4.78 is 8.92. The molecule has 0 N–H and O–H groups in total. The van der Waals surface area contributed by atoms with Gasteiger partial charge in [-0.3, -0.25) is 0 Å². The fourth-order valence-electron chi connectivity index (χ4n) is 6.33. The minimum Gasteiger partial charge on any atom is -0.456 e. The van der Waals surface area contributed by atoms with E-state index < -0.39 is 0 Å². The molecule has 0 radical (unpaired) electrons. The van der Waals surface area contributed by atoms with Crippen LogP contribution in [0.25, 0.3) is 64.0 Å². The van der Waals surface area contributed by atoms with Crippen LogP contribution in [-0.4, -0.2) is 0 Å². The molecule has 0 amide bonds. The summed E-state index contributed by atoms with van der Waals surface area (Å²) >= 11 is 1.87. The van der Waals surface area contributed by atoms with Gasteiger partial charge >= 0.3 is 0 Å². The highest BCUT2D eigenvalue weighted by Gasteiger charge is 2.15. The Labute approximate surface area is 252 Å². The number of hydrogen-bond donors (Lipinski definition) is 0. The molecule has 7 aromatic carbocycles. The summed E-state index contributed by atoms with van der Waals surface area (Å²) in [5.41, 5.74) is 7.47. The molecule has 2 heterocycles. The highest BCUT2D eigenvalue weighted by Crippen LogP contribution is 2.40.